The average molecular weight is 506 g/mol. The third-order valence-corrected chi connectivity index (χ3v) is 5.60. The Morgan fingerprint density at radius 3 is 2.72 bits per heavy atom. The van der Waals surface area contributed by atoms with Gasteiger partial charge in [0.05, 0.1) is 30.1 Å². The number of anilines is 1. The molecular weight excluding hydrogens is 481 g/mol. The number of benzene rings is 1. The Bertz CT molecular complexity index is 1460. The highest BCUT2D eigenvalue weighted by Gasteiger charge is 2.19. The molecule has 0 aliphatic heterocycles. The summed E-state index contributed by atoms with van der Waals surface area (Å²) in [5.74, 6) is -0.245. The van der Waals surface area contributed by atoms with Crippen LogP contribution in [0, 0.1) is 17.1 Å². The monoisotopic (exact) mass is 505 g/mol. The fourth-order valence-corrected chi connectivity index (χ4v) is 3.78. The Morgan fingerprint density at radius 2 is 2.00 bits per heavy atom. The molecule has 0 saturated heterocycles. The number of ether oxygens (including phenoxy) is 1. The van der Waals surface area contributed by atoms with Crippen molar-refractivity contribution in [2.75, 3.05) is 26.0 Å². The quantitative estimate of drug-likeness (QED) is 0.389. The van der Waals surface area contributed by atoms with Crippen LogP contribution in [0.4, 0.5) is 10.2 Å². The van der Waals surface area contributed by atoms with E-state index in [1.54, 1.807) is 30.5 Å². The van der Waals surface area contributed by atoms with Crippen LogP contribution in [0.1, 0.15) is 34.5 Å². The molecule has 4 aromatic rings. The van der Waals surface area contributed by atoms with E-state index in [1.807, 2.05) is 19.1 Å². The number of carbonyl (C=O) groups excluding carboxylic acids is 1. The molecule has 2 N–H and O–H groups in total. The number of carbonyl (C=O) groups is 1. The van der Waals surface area contributed by atoms with Crippen molar-refractivity contribution < 1.29 is 13.9 Å². The number of amides is 1. The van der Waals surface area contributed by atoms with Crippen LogP contribution in [-0.2, 0) is 0 Å². The molecule has 11 heteroatoms. The number of nitrogens with zero attached hydrogens (tertiary/aromatic N) is 5. The van der Waals surface area contributed by atoms with Gasteiger partial charge in [-0.15, -0.1) is 0 Å². The lowest BCUT2D eigenvalue weighted by molar-refractivity contribution is 0.0960. The maximum atomic E-state index is 14.3. The Labute approximate surface area is 214 Å². The van der Waals surface area contributed by atoms with E-state index >= 15 is 0 Å². The number of nitriles is 1. The Hall–Kier alpha value is -4.30. The summed E-state index contributed by atoms with van der Waals surface area (Å²) in [4.78, 5) is 29.2. The number of fused-ring (bicyclic) bond motifs is 1. The first-order valence-corrected chi connectivity index (χ1v) is 10.8. The summed E-state index contributed by atoms with van der Waals surface area (Å²) in [6, 6.07) is 10.8. The number of aromatic nitrogens is 4. The molecule has 0 bridgehead atoms. The van der Waals surface area contributed by atoms with Crippen molar-refractivity contribution in [3.05, 3.63) is 71.7 Å². The van der Waals surface area contributed by atoms with Crippen molar-refractivity contribution in [2.24, 2.45) is 0 Å². The second kappa shape index (κ2) is 11.4. The van der Waals surface area contributed by atoms with Gasteiger partial charge in [0.25, 0.3) is 5.91 Å². The second-order valence-electron chi connectivity index (χ2n) is 7.76. The number of methoxy groups -OCH3 is 1. The van der Waals surface area contributed by atoms with Gasteiger partial charge in [0.2, 0.25) is 0 Å². The van der Waals surface area contributed by atoms with Crippen molar-refractivity contribution >= 4 is 36.1 Å². The minimum Gasteiger partial charge on any atom is -0.494 e. The second-order valence-corrected chi connectivity index (χ2v) is 7.76. The summed E-state index contributed by atoms with van der Waals surface area (Å²) in [6.45, 7) is 2.50. The highest BCUT2D eigenvalue weighted by molar-refractivity contribution is 7.59. The number of para-hydroxylation sites is 1. The predicted octanol–water partition coefficient (Wildman–Crippen LogP) is 3.79. The van der Waals surface area contributed by atoms with Gasteiger partial charge in [0, 0.05) is 42.7 Å². The number of nitrogens with one attached hydrogen (secondary N) is 2. The normalized spacial score (nSPS) is 11.2. The van der Waals surface area contributed by atoms with Gasteiger partial charge in [0.1, 0.15) is 18.2 Å². The van der Waals surface area contributed by atoms with Gasteiger partial charge in [-0.1, -0.05) is 25.1 Å². The molecule has 3 heterocycles. The zero-order valence-corrected chi connectivity index (χ0v) is 20.8. The number of hydrogen-bond donors (Lipinski definition) is 2. The molecule has 0 unspecified atom stereocenters. The number of halogens is 1. The average Bonchev–Trinajstić information content (AvgIpc) is 2.90. The number of hydrogen-bond acceptors (Lipinski definition) is 8. The molecule has 0 aliphatic carbocycles. The zero-order chi connectivity index (χ0) is 24.9. The van der Waals surface area contributed by atoms with E-state index in [0.29, 0.717) is 40.3 Å². The van der Waals surface area contributed by atoms with Crippen molar-refractivity contribution in [2.45, 2.75) is 12.8 Å². The third kappa shape index (κ3) is 5.18. The van der Waals surface area contributed by atoms with E-state index in [9.17, 15) is 9.18 Å². The van der Waals surface area contributed by atoms with Crippen molar-refractivity contribution in [3.8, 4) is 23.1 Å². The molecule has 1 atom stereocenters. The molecular formula is C25H24FN7O2S. The van der Waals surface area contributed by atoms with Crippen LogP contribution in [0.15, 0.2) is 49.1 Å². The van der Waals surface area contributed by atoms with Gasteiger partial charge >= 0.3 is 0 Å². The lowest BCUT2D eigenvalue weighted by atomic mass is 9.96. The largest absolute Gasteiger partial charge is 0.494 e. The van der Waals surface area contributed by atoms with Gasteiger partial charge in [-0.25, -0.2) is 19.3 Å². The predicted molar refractivity (Wildman–Crippen MR) is 139 cm³/mol. The molecule has 36 heavy (non-hydrogen) atoms. The van der Waals surface area contributed by atoms with Gasteiger partial charge in [-0.05, 0) is 11.6 Å². The van der Waals surface area contributed by atoms with E-state index in [4.69, 9.17) is 10.00 Å². The molecule has 0 saturated carbocycles. The minimum absolute atomic E-state index is 0. The van der Waals surface area contributed by atoms with Gasteiger partial charge in [-0.3, -0.25) is 9.78 Å². The summed E-state index contributed by atoms with van der Waals surface area (Å²) in [6.07, 6.45) is 4.07. The summed E-state index contributed by atoms with van der Waals surface area (Å²) in [5, 5.41) is 15.4. The molecule has 3 aromatic heterocycles. The van der Waals surface area contributed by atoms with Gasteiger partial charge < -0.3 is 15.4 Å². The van der Waals surface area contributed by atoms with Crippen LogP contribution in [-0.4, -0.2) is 46.5 Å². The van der Waals surface area contributed by atoms with Crippen LogP contribution < -0.4 is 15.4 Å². The summed E-state index contributed by atoms with van der Waals surface area (Å²) in [5.41, 5.74) is 2.91. The van der Waals surface area contributed by atoms with E-state index in [-0.39, 0.29) is 30.7 Å². The maximum absolute atomic E-state index is 14.3. The highest BCUT2D eigenvalue weighted by atomic mass is 32.1. The summed E-state index contributed by atoms with van der Waals surface area (Å²) >= 11 is 0. The fourth-order valence-electron chi connectivity index (χ4n) is 3.78. The number of rotatable bonds is 7. The standard InChI is InChI=1S/C25H22FN7O2.H2S/c1-14(16-5-4-6-17-23(25(34)28-2)18(26)12-31-24(16)17)10-30-22-8-19(32-13-33-22)15-7-21(35-3)20(9-27)29-11-15;/h4-8,11-14H,10H2,1-3H3,(H,28,34)(H,30,32,33);1H2/t14-;/m1./s1. The first-order valence-electron chi connectivity index (χ1n) is 10.8. The summed E-state index contributed by atoms with van der Waals surface area (Å²) < 4.78 is 19.6. The molecule has 0 spiro atoms. The van der Waals surface area contributed by atoms with E-state index < -0.39 is 11.7 Å². The molecule has 1 aromatic carbocycles. The highest BCUT2D eigenvalue weighted by Crippen LogP contribution is 2.29. The van der Waals surface area contributed by atoms with Crippen LogP contribution in [0.5, 0.6) is 5.75 Å². The SMILES string of the molecule is CNC(=O)c1c(F)cnc2c([C@H](C)CNc3cc(-c4cnc(C#N)c(OC)c4)ncn3)cccc12.S. The molecule has 9 nitrogen and oxygen atoms in total. The molecule has 4 rings (SSSR count). The molecule has 0 aliphatic rings. The fraction of sp³-hybridized carbons (Fsp3) is 0.200. The van der Waals surface area contributed by atoms with E-state index in [2.05, 4.69) is 30.6 Å². The minimum atomic E-state index is -0.665. The zero-order valence-electron chi connectivity index (χ0n) is 19.8. The lowest BCUT2D eigenvalue weighted by Crippen LogP contribution is -2.20. The Morgan fingerprint density at radius 1 is 1.19 bits per heavy atom. The van der Waals surface area contributed by atoms with Crippen LogP contribution in [0.25, 0.3) is 22.2 Å². The topological polar surface area (TPSA) is 126 Å². The molecule has 184 valence electrons. The Kier molecular flexibility index (Phi) is 8.34. The summed E-state index contributed by atoms with van der Waals surface area (Å²) in [7, 11) is 2.94. The van der Waals surface area contributed by atoms with Crippen LogP contribution in [0.2, 0.25) is 0 Å². The Balaban J connectivity index is 0.00000361. The smallest absolute Gasteiger partial charge is 0.254 e. The van der Waals surface area contributed by atoms with Crippen molar-refractivity contribution in [3.63, 3.8) is 0 Å². The molecule has 1 amide bonds. The maximum Gasteiger partial charge on any atom is 0.254 e. The number of pyridine rings is 2. The molecule has 0 fully saturated rings. The van der Waals surface area contributed by atoms with Crippen molar-refractivity contribution in [1.82, 2.24) is 25.3 Å². The lowest BCUT2D eigenvalue weighted by Gasteiger charge is -2.17. The van der Waals surface area contributed by atoms with Crippen LogP contribution >= 0.6 is 13.5 Å². The van der Waals surface area contributed by atoms with E-state index in [1.165, 1.54) is 20.5 Å². The van der Waals surface area contributed by atoms with Gasteiger partial charge in [0.15, 0.2) is 17.3 Å². The van der Waals surface area contributed by atoms with Crippen molar-refractivity contribution in [1.29, 1.82) is 5.26 Å². The first kappa shape index (κ1) is 26.3. The molecule has 0 radical (unpaired) electrons. The van der Waals surface area contributed by atoms with E-state index in [0.717, 1.165) is 11.8 Å². The van der Waals surface area contributed by atoms with Crippen LogP contribution in [0.3, 0.4) is 0 Å². The van der Waals surface area contributed by atoms with Gasteiger partial charge in [-0.2, -0.15) is 18.8 Å². The first-order chi connectivity index (χ1) is 17.0. The third-order valence-electron chi connectivity index (χ3n) is 5.60.